The van der Waals surface area contributed by atoms with Crippen LogP contribution in [0.4, 0.5) is 5.69 Å². The topological polar surface area (TPSA) is 57.2 Å². The molecule has 4 nitrogen and oxygen atoms in total. The Morgan fingerprint density at radius 3 is 2.69 bits per heavy atom. The lowest BCUT2D eigenvalue weighted by atomic mass is 9.92. The molecule has 4 heteroatoms. The van der Waals surface area contributed by atoms with Gasteiger partial charge in [0.05, 0.1) is 11.8 Å². The highest BCUT2D eigenvalue weighted by molar-refractivity contribution is 5.33. The van der Waals surface area contributed by atoms with Gasteiger partial charge in [-0.25, -0.2) is 0 Å². The molecular weight excluding hydrogens is 204 g/mol. The molecule has 1 saturated carbocycles. The van der Waals surface area contributed by atoms with Gasteiger partial charge in [-0.15, -0.1) is 0 Å². The van der Waals surface area contributed by atoms with Crippen LogP contribution in [0.5, 0.6) is 0 Å². The molecule has 1 heterocycles. The zero-order valence-corrected chi connectivity index (χ0v) is 9.56. The SMILES string of the molecule is CO[C@H]1CC[C@@H](n2cccc(N)c2=O)CC1. The van der Waals surface area contributed by atoms with E-state index < -0.39 is 0 Å². The van der Waals surface area contributed by atoms with Gasteiger partial charge in [-0.3, -0.25) is 4.79 Å². The third-order valence-electron chi connectivity index (χ3n) is 3.37. The van der Waals surface area contributed by atoms with Crippen LogP contribution in [-0.2, 0) is 4.74 Å². The van der Waals surface area contributed by atoms with Gasteiger partial charge < -0.3 is 15.0 Å². The number of nitrogens with two attached hydrogens (primary N) is 1. The number of anilines is 1. The first-order chi connectivity index (χ1) is 7.72. The summed E-state index contributed by atoms with van der Waals surface area (Å²) < 4.78 is 7.08. The highest BCUT2D eigenvalue weighted by Gasteiger charge is 2.22. The largest absolute Gasteiger partial charge is 0.394 e. The second-order valence-corrected chi connectivity index (χ2v) is 4.34. The Morgan fingerprint density at radius 2 is 2.06 bits per heavy atom. The fourth-order valence-corrected chi connectivity index (χ4v) is 2.37. The summed E-state index contributed by atoms with van der Waals surface area (Å²) in [5.74, 6) is 0. The van der Waals surface area contributed by atoms with E-state index in [0.29, 0.717) is 11.8 Å². The summed E-state index contributed by atoms with van der Waals surface area (Å²) in [5, 5.41) is 0. The van der Waals surface area contributed by atoms with Crippen molar-refractivity contribution in [2.75, 3.05) is 12.8 Å². The number of hydrogen-bond acceptors (Lipinski definition) is 3. The summed E-state index contributed by atoms with van der Waals surface area (Å²) in [4.78, 5) is 11.8. The van der Waals surface area contributed by atoms with Crippen molar-refractivity contribution in [3.8, 4) is 0 Å². The summed E-state index contributed by atoms with van der Waals surface area (Å²) in [6, 6.07) is 3.76. The second-order valence-electron chi connectivity index (χ2n) is 4.34. The van der Waals surface area contributed by atoms with Gasteiger partial charge in [0, 0.05) is 19.3 Å². The van der Waals surface area contributed by atoms with E-state index in [4.69, 9.17) is 10.5 Å². The summed E-state index contributed by atoms with van der Waals surface area (Å²) in [5.41, 5.74) is 5.89. The van der Waals surface area contributed by atoms with E-state index in [1.807, 2.05) is 12.3 Å². The lowest BCUT2D eigenvalue weighted by molar-refractivity contribution is 0.0580. The number of methoxy groups -OCH3 is 1. The van der Waals surface area contributed by atoms with Crippen molar-refractivity contribution in [3.05, 3.63) is 28.7 Å². The molecular formula is C12H18N2O2. The lowest BCUT2D eigenvalue weighted by Crippen LogP contribution is -2.30. The van der Waals surface area contributed by atoms with Crippen LogP contribution in [-0.4, -0.2) is 17.8 Å². The van der Waals surface area contributed by atoms with Crippen molar-refractivity contribution in [3.63, 3.8) is 0 Å². The number of nitrogen functional groups attached to an aromatic ring is 1. The average Bonchev–Trinajstić information content (AvgIpc) is 2.33. The predicted molar refractivity (Wildman–Crippen MR) is 63.4 cm³/mol. The van der Waals surface area contributed by atoms with Crippen molar-refractivity contribution in [1.29, 1.82) is 0 Å². The third-order valence-corrected chi connectivity index (χ3v) is 3.37. The van der Waals surface area contributed by atoms with Crippen LogP contribution < -0.4 is 11.3 Å². The number of rotatable bonds is 2. The zero-order chi connectivity index (χ0) is 11.5. The molecule has 2 rings (SSSR count). The Morgan fingerprint density at radius 1 is 1.38 bits per heavy atom. The minimum atomic E-state index is -0.0663. The molecule has 1 aromatic heterocycles. The molecule has 0 bridgehead atoms. The van der Waals surface area contributed by atoms with Gasteiger partial charge in [-0.1, -0.05) is 0 Å². The third kappa shape index (κ3) is 2.11. The summed E-state index contributed by atoms with van der Waals surface area (Å²) >= 11 is 0. The maximum absolute atomic E-state index is 11.8. The van der Waals surface area contributed by atoms with E-state index in [1.165, 1.54) is 0 Å². The van der Waals surface area contributed by atoms with Crippen molar-refractivity contribution >= 4 is 5.69 Å². The van der Waals surface area contributed by atoms with Gasteiger partial charge in [0.15, 0.2) is 0 Å². The molecule has 1 aliphatic rings. The summed E-state index contributed by atoms with van der Waals surface area (Å²) in [6.07, 6.45) is 6.19. The monoisotopic (exact) mass is 222 g/mol. The standard InChI is InChI=1S/C12H18N2O2/c1-16-10-6-4-9(5-7-10)14-8-2-3-11(13)12(14)15/h2-3,8-10H,4-7,13H2,1H3/t9-,10+. The molecule has 0 atom stereocenters. The molecule has 0 radical (unpaired) electrons. The molecule has 1 aliphatic carbocycles. The Hall–Kier alpha value is -1.29. The van der Waals surface area contributed by atoms with E-state index in [0.717, 1.165) is 25.7 Å². The predicted octanol–water partition coefficient (Wildman–Crippen LogP) is 1.56. The van der Waals surface area contributed by atoms with Crippen LogP contribution in [0.25, 0.3) is 0 Å². The van der Waals surface area contributed by atoms with Gasteiger partial charge in [0.2, 0.25) is 0 Å². The molecule has 0 unspecified atom stereocenters. The van der Waals surface area contributed by atoms with Gasteiger partial charge in [0.25, 0.3) is 5.56 Å². The number of aromatic nitrogens is 1. The first-order valence-electron chi connectivity index (χ1n) is 5.72. The maximum Gasteiger partial charge on any atom is 0.273 e. The number of ether oxygens (including phenoxy) is 1. The molecule has 16 heavy (non-hydrogen) atoms. The fraction of sp³-hybridized carbons (Fsp3) is 0.583. The second kappa shape index (κ2) is 4.70. The van der Waals surface area contributed by atoms with E-state index in [9.17, 15) is 4.79 Å². The number of hydrogen-bond donors (Lipinski definition) is 1. The molecule has 0 aromatic carbocycles. The van der Waals surface area contributed by atoms with Gasteiger partial charge in [0.1, 0.15) is 0 Å². The van der Waals surface area contributed by atoms with Crippen LogP contribution >= 0.6 is 0 Å². The Bertz CT molecular complexity index is 406. The summed E-state index contributed by atoms with van der Waals surface area (Å²) in [7, 11) is 1.75. The highest BCUT2D eigenvalue weighted by Crippen LogP contribution is 2.28. The minimum absolute atomic E-state index is 0.0663. The molecule has 0 aliphatic heterocycles. The normalized spacial score (nSPS) is 25.6. The van der Waals surface area contributed by atoms with Gasteiger partial charge in [-0.2, -0.15) is 0 Å². The van der Waals surface area contributed by atoms with Gasteiger partial charge in [-0.05, 0) is 37.8 Å². The quantitative estimate of drug-likeness (QED) is 0.826. The number of nitrogens with zero attached hydrogens (tertiary/aromatic N) is 1. The van der Waals surface area contributed by atoms with E-state index in [2.05, 4.69) is 0 Å². The van der Waals surface area contributed by atoms with Crippen LogP contribution in [0.15, 0.2) is 23.1 Å². The Balaban J connectivity index is 2.14. The summed E-state index contributed by atoms with van der Waals surface area (Å²) in [6.45, 7) is 0. The molecule has 1 aromatic rings. The molecule has 2 N–H and O–H groups in total. The lowest BCUT2D eigenvalue weighted by Gasteiger charge is -2.28. The Kier molecular flexibility index (Phi) is 3.29. The van der Waals surface area contributed by atoms with Crippen molar-refractivity contribution in [2.45, 2.75) is 37.8 Å². The van der Waals surface area contributed by atoms with Crippen LogP contribution in [0.2, 0.25) is 0 Å². The molecule has 0 saturated heterocycles. The molecule has 0 amide bonds. The highest BCUT2D eigenvalue weighted by atomic mass is 16.5. The van der Waals surface area contributed by atoms with Crippen LogP contribution in [0.3, 0.4) is 0 Å². The van der Waals surface area contributed by atoms with Crippen molar-refractivity contribution < 1.29 is 4.74 Å². The van der Waals surface area contributed by atoms with Crippen molar-refractivity contribution in [2.24, 2.45) is 0 Å². The average molecular weight is 222 g/mol. The van der Waals surface area contributed by atoms with Crippen LogP contribution in [0.1, 0.15) is 31.7 Å². The molecule has 1 fully saturated rings. The van der Waals surface area contributed by atoms with E-state index in [-0.39, 0.29) is 11.6 Å². The Labute approximate surface area is 95.0 Å². The number of pyridine rings is 1. The smallest absolute Gasteiger partial charge is 0.273 e. The first kappa shape index (κ1) is 11.2. The minimum Gasteiger partial charge on any atom is -0.394 e. The fourth-order valence-electron chi connectivity index (χ4n) is 2.37. The van der Waals surface area contributed by atoms with E-state index in [1.54, 1.807) is 17.7 Å². The first-order valence-corrected chi connectivity index (χ1v) is 5.72. The molecule has 0 spiro atoms. The van der Waals surface area contributed by atoms with Crippen LogP contribution in [0, 0.1) is 0 Å². The van der Waals surface area contributed by atoms with Crippen molar-refractivity contribution in [1.82, 2.24) is 4.57 Å². The molecule has 88 valence electrons. The maximum atomic E-state index is 11.8. The zero-order valence-electron chi connectivity index (χ0n) is 9.56. The van der Waals surface area contributed by atoms with Gasteiger partial charge >= 0.3 is 0 Å². The van der Waals surface area contributed by atoms with E-state index >= 15 is 0 Å².